The molecule has 0 bridgehead atoms. The number of terminal acetylenes is 1. The fourth-order valence-electron chi connectivity index (χ4n) is 2.51. The maximum Gasteiger partial charge on any atom is 0.335 e. The Bertz CT molecular complexity index is 943. The molecule has 0 amide bonds. The highest BCUT2D eigenvalue weighted by molar-refractivity contribution is 6.10. The average molecular weight is 303 g/mol. The second-order valence-electron chi connectivity index (χ2n) is 5.13. The number of carbonyl (C=O) groups excluding carboxylic acids is 1. The number of carbonyl (C=O) groups is 2. The molecule has 23 heavy (non-hydrogen) atoms. The summed E-state index contributed by atoms with van der Waals surface area (Å²) in [6.45, 7) is 0.480. The molecule has 0 spiro atoms. The highest BCUT2D eigenvalue weighted by Gasteiger charge is 2.12. The van der Waals surface area contributed by atoms with Gasteiger partial charge >= 0.3 is 5.97 Å². The second-order valence-corrected chi connectivity index (χ2v) is 5.13. The fraction of sp³-hybridized carbons (Fsp3) is 0.0526. The molecule has 1 heterocycles. The van der Waals surface area contributed by atoms with E-state index in [0.717, 1.165) is 10.9 Å². The molecule has 112 valence electrons. The van der Waals surface area contributed by atoms with E-state index in [1.807, 2.05) is 29.0 Å². The van der Waals surface area contributed by atoms with E-state index >= 15 is 0 Å². The number of ketones is 1. The minimum Gasteiger partial charge on any atom is -0.478 e. The zero-order chi connectivity index (χ0) is 16.4. The SMILES string of the molecule is C#CCn1ccc2cc(C(=O)c3ccc(C(=O)O)cc3)ccc21. The molecule has 4 nitrogen and oxygen atoms in total. The molecule has 0 saturated carbocycles. The lowest BCUT2D eigenvalue weighted by molar-refractivity contribution is 0.0696. The molecule has 0 fully saturated rings. The first-order valence-corrected chi connectivity index (χ1v) is 7.00. The van der Waals surface area contributed by atoms with Gasteiger partial charge in [-0.2, -0.15) is 0 Å². The molecule has 0 aliphatic rings. The van der Waals surface area contributed by atoms with Crippen LogP contribution in [0.25, 0.3) is 10.9 Å². The molecule has 1 N–H and O–H groups in total. The number of aromatic carboxylic acids is 1. The van der Waals surface area contributed by atoms with Gasteiger partial charge in [-0.3, -0.25) is 4.79 Å². The lowest BCUT2D eigenvalue weighted by Crippen LogP contribution is -2.03. The van der Waals surface area contributed by atoms with E-state index in [-0.39, 0.29) is 11.3 Å². The van der Waals surface area contributed by atoms with Gasteiger partial charge in [-0.1, -0.05) is 18.1 Å². The highest BCUT2D eigenvalue weighted by atomic mass is 16.4. The van der Waals surface area contributed by atoms with Crippen molar-refractivity contribution < 1.29 is 14.7 Å². The molecule has 0 unspecified atom stereocenters. The van der Waals surface area contributed by atoms with Gasteiger partial charge in [0.15, 0.2) is 5.78 Å². The van der Waals surface area contributed by atoms with Crippen molar-refractivity contribution in [3.63, 3.8) is 0 Å². The monoisotopic (exact) mass is 303 g/mol. The molecule has 0 radical (unpaired) electrons. The van der Waals surface area contributed by atoms with Crippen molar-refractivity contribution in [3.05, 3.63) is 71.4 Å². The van der Waals surface area contributed by atoms with Gasteiger partial charge in [0.25, 0.3) is 0 Å². The van der Waals surface area contributed by atoms with Crippen LogP contribution in [0.15, 0.2) is 54.7 Å². The van der Waals surface area contributed by atoms with Crippen LogP contribution in [0.1, 0.15) is 26.3 Å². The number of fused-ring (bicyclic) bond motifs is 1. The largest absolute Gasteiger partial charge is 0.478 e. The van der Waals surface area contributed by atoms with Crippen molar-refractivity contribution >= 4 is 22.7 Å². The zero-order valence-corrected chi connectivity index (χ0v) is 12.2. The third kappa shape index (κ3) is 2.72. The van der Waals surface area contributed by atoms with Crippen LogP contribution in [-0.4, -0.2) is 21.4 Å². The molecule has 0 atom stereocenters. The van der Waals surface area contributed by atoms with Crippen molar-refractivity contribution in [3.8, 4) is 12.3 Å². The number of carboxylic acid groups (broad SMARTS) is 1. The summed E-state index contributed by atoms with van der Waals surface area (Å²) in [5.41, 5.74) is 2.14. The predicted octanol–water partition coefficient (Wildman–Crippen LogP) is 3.20. The maximum atomic E-state index is 12.5. The molecule has 3 aromatic rings. The number of rotatable bonds is 4. The first-order chi connectivity index (χ1) is 11.1. The smallest absolute Gasteiger partial charge is 0.335 e. The Hall–Kier alpha value is -3.32. The number of nitrogens with zero attached hydrogens (tertiary/aromatic N) is 1. The van der Waals surface area contributed by atoms with Gasteiger partial charge in [0.1, 0.15) is 0 Å². The number of hydrogen-bond donors (Lipinski definition) is 1. The molecular weight excluding hydrogens is 290 g/mol. The Labute approximate surface area is 133 Å². The first-order valence-electron chi connectivity index (χ1n) is 7.00. The summed E-state index contributed by atoms with van der Waals surface area (Å²) in [5.74, 6) is 1.43. The summed E-state index contributed by atoms with van der Waals surface area (Å²) in [7, 11) is 0. The standard InChI is InChI=1S/C19H13NO3/c1-2-10-20-11-9-15-12-16(7-8-17(15)20)18(21)13-3-5-14(6-4-13)19(22)23/h1,3-9,11-12H,10H2,(H,22,23). The Kier molecular flexibility index (Phi) is 3.70. The van der Waals surface area contributed by atoms with Crippen molar-refractivity contribution in [1.82, 2.24) is 4.57 Å². The molecule has 0 aliphatic heterocycles. The fourth-order valence-corrected chi connectivity index (χ4v) is 2.51. The van der Waals surface area contributed by atoms with E-state index in [9.17, 15) is 9.59 Å². The quantitative estimate of drug-likeness (QED) is 0.595. The highest BCUT2D eigenvalue weighted by Crippen LogP contribution is 2.20. The molecule has 4 heteroatoms. The molecule has 3 rings (SSSR count). The topological polar surface area (TPSA) is 59.3 Å². The summed E-state index contributed by atoms with van der Waals surface area (Å²) in [4.78, 5) is 23.4. The van der Waals surface area contributed by atoms with Gasteiger partial charge in [0.2, 0.25) is 0 Å². The van der Waals surface area contributed by atoms with Gasteiger partial charge in [-0.15, -0.1) is 6.42 Å². The minimum absolute atomic E-state index is 0.145. The normalized spacial score (nSPS) is 10.4. The Morgan fingerprint density at radius 3 is 2.30 bits per heavy atom. The van der Waals surface area contributed by atoms with Crippen LogP contribution in [0.5, 0.6) is 0 Å². The molecule has 1 aromatic heterocycles. The van der Waals surface area contributed by atoms with Crippen molar-refractivity contribution in [2.75, 3.05) is 0 Å². The summed E-state index contributed by atoms with van der Waals surface area (Å²) >= 11 is 0. The summed E-state index contributed by atoms with van der Waals surface area (Å²) in [6, 6.07) is 13.3. The summed E-state index contributed by atoms with van der Waals surface area (Å²) < 4.78 is 1.94. The lowest BCUT2D eigenvalue weighted by Gasteiger charge is -2.04. The van der Waals surface area contributed by atoms with Crippen molar-refractivity contribution in [2.45, 2.75) is 6.54 Å². The second kappa shape index (κ2) is 5.82. The van der Waals surface area contributed by atoms with E-state index in [0.29, 0.717) is 17.7 Å². The van der Waals surface area contributed by atoms with Crippen LogP contribution in [0.2, 0.25) is 0 Å². The van der Waals surface area contributed by atoms with Crippen LogP contribution in [0.3, 0.4) is 0 Å². The van der Waals surface area contributed by atoms with E-state index < -0.39 is 5.97 Å². The van der Waals surface area contributed by atoms with E-state index in [2.05, 4.69) is 5.92 Å². The van der Waals surface area contributed by atoms with Gasteiger partial charge in [0, 0.05) is 28.2 Å². The van der Waals surface area contributed by atoms with Crippen LogP contribution < -0.4 is 0 Å². The number of carboxylic acids is 1. The minimum atomic E-state index is -1.01. The lowest BCUT2D eigenvalue weighted by atomic mass is 10.0. The van der Waals surface area contributed by atoms with E-state index in [1.54, 1.807) is 6.07 Å². The van der Waals surface area contributed by atoms with Gasteiger partial charge in [-0.25, -0.2) is 4.79 Å². The molecule has 0 saturated heterocycles. The predicted molar refractivity (Wildman–Crippen MR) is 87.6 cm³/mol. The molecular formula is C19H13NO3. The average Bonchev–Trinajstić information content (AvgIpc) is 2.97. The van der Waals surface area contributed by atoms with Crippen molar-refractivity contribution in [2.24, 2.45) is 0 Å². The Balaban J connectivity index is 1.94. The number of benzene rings is 2. The molecule has 0 aliphatic carbocycles. The van der Waals surface area contributed by atoms with Crippen LogP contribution in [0.4, 0.5) is 0 Å². The third-order valence-electron chi connectivity index (χ3n) is 3.69. The maximum absolute atomic E-state index is 12.5. The van der Waals surface area contributed by atoms with Gasteiger partial charge in [0.05, 0.1) is 12.1 Å². The number of hydrogen-bond acceptors (Lipinski definition) is 2. The van der Waals surface area contributed by atoms with Crippen molar-refractivity contribution in [1.29, 1.82) is 0 Å². The summed E-state index contributed by atoms with van der Waals surface area (Å²) in [6.07, 6.45) is 7.22. The Morgan fingerprint density at radius 2 is 1.65 bits per heavy atom. The Morgan fingerprint density at radius 1 is 1.00 bits per heavy atom. The summed E-state index contributed by atoms with van der Waals surface area (Å²) in [5, 5.41) is 9.83. The third-order valence-corrected chi connectivity index (χ3v) is 3.69. The van der Waals surface area contributed by atoms with Crippen LogP contribution in [0, 0.1) is 12.3 Å². The van der Waals surface area contributed by atoms with Gasteiger partial charge in [-0.05, 0) is 36.4 Å². The van der Waals surface area contributed by atoms with E-state index in [4.69, 9.17) is 11.5 Å². The van der Waals surface area contributed by atoms with Crippen LogP contribution in [-0.2, 0) is 6.54 Å². The number of aromatic nitrogens is 1. The van der Waals surface area contributed by atoms with Gasteiger partial charge < -0.3 is 9.67 Å². The van der Waals surface area contributed by atoms with E-state index in [1.165, 1.54) is 24.3 Å². The van der Waals surface area contributed by atoms with Crippen LogP contribution >= 0.6 is 0 Å². The first kappa shape index (κ1) is 14.6. The molecule has 2 aromatic carbocycles. The zero-order valence-electron chi connectivity index (χ0n) is 12.2.